The van der Waals surface area contributed by atoms with Crippen LogP contribution < -0.4 is 5.32 Å². The highest BCUT2D eigenvalue weighted by Crippen LogP contribution is 2.36. The molecule has 9 heteroatoms. The third-order valence-electron chi connectivity index (χ3n) is 4.87. The molecule has 0 aliphatic heterocycles. The first-order chi connectivity index (χ1) is 14.8. The molecule has 1 aromatic carbocycles. The van der Waals surface area contributed by atoms with Gasteiger partial charge >= 0.3 is 6.09 Å². The van der Waals surface area contributed by atoms with Crippen LogP contribution in [0.15, 0.2) is 41.1 Å². The molecule has 2 aromatic heterocycles. The first-order valence-electron chi connectivity index (χ1n) is 10.2. The number of nitrogens with zero attached hydrogens (tertiary/aromatic N) is 2. The molecule has 0 aliphatic carbocycles. The van der Waals surface area contributed by atoms with Crippen molar-refractivity contribution in [1.29, 1.82) is 0 Å². The highest BCUT2D eigenvalue weighted by Gasteiger charge is 2.20. The molecule has 0 fully saturated rings. The largest absolute Gasteiger partial charge is 0.444 e. The fraction of sp³-hybridized carbons (Fsp3) is 0.391. The van der Waals surface area contributed by atoms with Gasteiger partial charge < -0.3 is 10.1 Å². The summed E-state index contributed by atoms with van der Waals surface area (Å²) in [5.74, 6) is 0.215. The third kappa shape index (κ3) is 5.32. The molecular formula is C23H28BrN3O4S. The number of nitrogens with one attached hydrogen (secondary N) is 1. The van der Waals surface area contributed by atoms with Gasteiger partial charge in [0.25, 0.3) is 0 Å². The number of carbonyl (C=O) groups excluding carboxylic acids is 1. The molecule has 0 atom stereocenters. The second-order valence-corrected chi connectivity index (χ2v) is 11.7. The molecule has 0 unspecified atom stereocenters. The normalized spacial score (nSPS) is 12.4. The van der Waals surface area contributed by atoms with Crippen molar-refractivity contribution in [1.82, 2.24) is 14.3 Å². The van der Waals surface area contributed by atoms with Gasteiger partial charge in [0.2, 0.25) is 10.0 Å². The van der Waals surface area contributed by atoms with Gasteiger partial charge in [0.15, 0.2) is 5.65 Å². The Morgan fingerprint density at radius 2 is 1.94 bits per heavy atom. The number of alkyl carbamates (subject to hydrolysis) is 1. The average molecular weight is 522 g/mol. The fourth-order valence-electron chi connectivity index (χ4n) is 3.52. The van der Waals surface area contributed by atoms with Crippen LogP contribution in [-0.4, -0.2) is 35.3 Å². The van der Waals surface area contributed by atoms with Crippen molar-refractivity contribution in [3.63, 3.8) is 0 Å². The lowest BCUT2D eigenvalue weighted by Gasteiger charge is -2.21. The summed E-state index contributed by atoms with van der Waals surface area (Å²) in [6.07, 6.45) is 3.83. The molecular weight excluding hydrogens is 494 g/mol. The Morgan fingerprint density at radius 1 is 1.25 bits per heavy atom. The lowest BCUT2D eigenvalue weighted by Crippen LogP contribution is -2.32. The van der Waals surface area contributed by atoms with Gasteiger partial charge in [-0.15, -0.1) is 0 Å². The van der Waals surface area contributed by atoms with Gasteiger partial charge in [-0.25, -0.2) is 22.2 Å². The maximum Gasteiger partial charge on any atom is 0.407 e. The van der Waals surface area contributed by atoms with Crippen LogP contribution in [0.2, 0.25) is 0 Å². The topological polar surface area (TPSA) is 90.3 Å². The van der Waals surface area contributed by atoms with E-state index >= 15 is 0 Å². The van der Waals surface area contributed by atoms with E-state index < -0.39 is 21.7 Å². The van der Waals surface area contributed by atoms with Crippen molar-refractivity contribution in [2.75, 3.05) is 6.26 Å². The highest BCUT2D eigenvalue weighted by atomic mass is 79.9. The SMILES string of the molecule is CC(C)c1cc(-c2ccnc3c2c(Br)cn3S(C)(=O)=O)ccc1CNC(=O)OC(C)(C)C. The number of amides is 1. The minimum absolute atomic E-state index is 0.215. The molecule has 172 valence electrons. The van der Waals surface area contributed by atoms with Crippen molar-refractivity contribution in [2.45, 2.75) is 52.7 Å². The van der Waals surface area contributed by atoms with Crippen LogP contribution in [0.4, 0.5) is 4.79 Å². The lowest BCUT2D eigenvalue weighted by atomic mass is 9.92. The van der Waals surface area contributed by atoms with Gasteiger partial charge in [-0.3, -0.25) is 0 Å². The van der Waals surface area contributed by atoms with E-state index in [1.165, 1.54) is 10.2 Å². The zero-order valence-electron chi connectivity index (χ0n) is 19.1. The zero-order valence-corrected chi connectivity index (χ0v) is 21.5. The Morgan fingerprint density at radius 3 is 2.53 bits per heavy atom. The molecule has 0 saturated carbocycles. The Hall–Kier alpha value is -2.39. The van der Waals surface area contributed by atoms with Crippen LogP contribution in [0.3, 0.4) is 0 Å². The molecule has 0 saturated heterocycles. The van der Waals surface area contributed by atoms with Crippen molar-refractivity contribution in [3.8, 4) is 11.1 Å². The number of fused-ring (bicyclic) bond motifs is 1. The third-order valence-corrected chi connectivity index (χ3v) is 6.46. The Labute approximate surface area is 197 Å². The molecule has 3 rings (SSSR count). The molecule has 32 heavy (non-hydrogen) atoms. The number of halogens is 1. The predicted molar refractivity (Wildman–Crippen MR) is 130 cm³/mol. The summed E-state index contributed by atoms with van der Waals surface area (Å²) in [4.78, 5) is 16.4. The van der Waals surface area contributed by atoms with Crippen molar-refractivity contribution < 1.29 is 17.9 Å². The number of benzene rings is 1. The smallest absolute Gasteiger partial charge is 0.407 e. The van der Waals surface area contributed by atoms with E-state index in [9.17, 15) is 13.2 Å². The van der Waals surface area contributed by atoms with Crippen LogP contribution in [-0.2, 0) is 21.3 Å². The van der Waals surface area contributed by atoms with E-state index in [4.69, 9.17) is 4.74 Å². The predicted octanol–water partition coefficient (Wildman–Crippen LogP) is 5.42. The summed E-state index contributed by atoms with van der Waals surface area (Å²) in [5, 5.41) is 3.55. The second-order valence-electron chi connectivity index (χ2n) is 9.02. The lowest BCUT2D eigenvalue weighted by molar-refractivity contribution is 0.0523. The minimum Gasteiger partial charge on any atom is -0.444 e. The number of aromatic nitrogens is 2. The zero-order chi connectivity index (χ0) is 23.8. The van der Waals surface area contributed by atoms with Gasteiger partial charge in [-0.1, -0.05) is 32.0 Å². The standard InChI is InChI=1S/C23H28BrN3O4S/c1-14(2)18-11-15(7-8-16(18)12-26-22(28)31-23(3,4)5)17-9-10-25-21-20(17)19(24)13-27(21)32(6,29)30/h7-11,13-14H,12H2,1-6H3,(H,26,28). The van der Waals surface area contributed by atoms with Crippen LogP contribution >= 0.6 is 15.9 Å². The number of ether oxygens (including phenoxy) is 1. The number of carbonyl (C=O) groups is 1. The Kier molecular flexibility index (Phi) is 6.72. The van der Waals surface area contributed by atoms with Gasteiger partial charge in [0.1, 0.15) is 5.60 Å². The summed E-state index contributed by atoms with van der Waals surface area (Å²) in [5.41, 5.74) is 3.71. The molecule has 7 nitrogen and oxygen atoms in total. The fourth-order valence-corrected chi connectivity index (χ4v) is 5.00. The second kappa shape index (κ2) is 8.86. The monoisotopic (exact) mass is 521 g/mol. The summed E-state index contributed by atoms with van der Waals surface area (Å²) >= 11 is 3.50. The maximum absolute atomic E-state index is 12.2. The van der Waals surface area contributed by atoms with Gasteiger partial charge in [0.05, 0.1) is 6.26 Å². The van der Waals surface area contributed by atoms with E-state index in [1.807, 2.05) is 39.0 Å². The molecule has 3 aromatic rings. The van der Waals surface area contributed by atoms with E-state index in [0.717, 1.165) is 33.9 Å². The number of hydrogen-bond acceptors (Lipinski definition) is 5. The minimum atomic E-state index is -3.49. The first-order valence-corrected chi connectivity index (χ1v) is 12.9. The Bertz CT molecular complexity index is 1270. The van der Waals surface area contributed by atoms with E-state index in [1.54, 1.807) is 6.20 Å². The number of hydrogen-bond donors (Lipinski definition) is 1. The van der Waals surface area contributed by atoms with Crippen molar-refractivity contribution >= 4 is 43.1 Å². The number of pyridine rings is 1. The van der Waals surface area contributed by atoms with E-state index in [-0.39, 0.29) is 5.92 Å². The van der Waals surface area contributed by atoms with Gasteiger partial charge in [0, 0.05) is 28.8 Å². The number of rotatable bonds is 5. The summed E-state index contributed by atoms with van der Waals surface area (Å²) < 4.78 is 31.5. The molecule has 1 N–H and O–H groups in total. The van der Waals surface area contributed by atoms with Crippen LogP contribution in [0.25, 0.3) is 22.2 Å². The molecule has 1 amide bonds. The van der Waals surface area contributed by atoms with Crippen LogP contribution in [0.5, 0.6) is 0 Å². The van der Waals surface area contributed by atoms with E-state index in [2.05, 4.69) is 46.1 Å². The average Bonchev–Trinajstić information content (AvgIpc) is 3.02. The maximum atomic E-state index is 12.2. The van der Waals surface area contributed by atoms with Crippen LogP contribution in [0, 0.1) is 0 Å². The van der Waals surface area contributed by atoms with Gasteiger partial charge in [-0.2, -0.15) is 0 Å². The first kappa shape index (κ1) is 24.3. The molecule has 0 spiro atoms. The molecule has 0 radical (unpaired) electrons. The summed E-state index contributed by atoms with van der Waals surface area (Å²) in [7, 11) is -3.49. The molecule has 2 heterocycles. The van der Waals surface area contributed by atoms with E-state index in [0.29, 0.717) is 16.7 Å². The quantitative estimate of drug-likeness (QED) is 0.483. The van der Waals surface area contributed by atoms with Crippen LogP contribution in [0.1, 0.15) is 51.7 Å². The highest BCUT2D eigenvalue weighted by molar-refractivity contribution is 9.10. The molecule has 0 aliphatic rings. The summed E-state index contributed by atoms with van der Waals surface area (Å²) in [6.45, 7) is 10.0. The Balaban J connectivity index is 2.02. The van der Waals surface area contributed by atoms with Gasteiger partial charge in [-0.05, 0) is 70.9 Å². The molecule has 0 bridgehead atoms. The van der Waals surface area contributed by atoms with Crippen molar-refractivity contribution in [2.24, 2.45) is 0 Å². The van der Waals surface area contributed by atoms with Crippen molar-refractivity contribution in [3.05, 3.63) is 52.3 Å². The summed E-state index contributed by atoms with van der Waals surface area (Å²) in [6, 6.07) is 7.90.